The molecule has 4 aromatic rings. The van der Waals surface area contributed by atoms with E-state index in [0.29, 0.717) is 22.8 Å². The second-order valence-electron chi connectivity index (χ2n) is 6.17. The van der Waals surface area contributed by atoms with Gasteiger partial charge in [-0.2, -0.15) is 5.10 Å². The number of hydrogen-bond donors (Lipinski definition) is 1. The number of nitrogens with one attached hydrogen (secondary N) is 1. The van der Waals surface area contributed by atoms with Crippen LogP contribution in [-0.4, -0.2) is 21.0 Å². The number of pyridine rings is 1. The van der Waals surface area contributed by atoms with E-state index in [-0.39, 0.29) is 5.43 Å². The average molecular weight is 362 g/mol. The van der Waals surface area contributed by atoms with Gasteiger partial charge in [-0.1, -0.05) is 30.1 Å². The van der Waals surface area contributed by atoms with Gasteiger partial charge in [0.05, 0.1) is 11.7 Å². The number of benzene rings is 1. The minimum Gasteiger partial charge on any atom is -0.289 e. The molecule has 2 aromatic carbocycles. The number of hydrogen-bond acceptors (Lipinski definition) is 5. The van der Waals surface area contributed by atoms with Crippen LogP contribution in [0.2, 0.25) is 0 Å². The molecular weight excluding hydrogens is 344 g/mol. The summed E-state index contributed by atoms with van der Waals surface area (Å²) in [7, 11) is 1.87. The standard InChI is InChI=1S/C20H18N4OS/c1-24-12-16(11-22-24)15-8-18-19(21-10-15)6-5-14-4-3-13(9-23-26-2)7-17(14)20(18)25/h3-8,10-12,23H,9H2,1-2H3. The third kappa shape index (κ3) is 3.09. The van der Waals surface area contributed by atoms with Crippen LogP contribution in [-0.2, 0) is 13.6 Å². The van der Waals surface area contributed by atoms with Gasteiger partial charge in [0.1, 0.15) is 0 Å². The van der Waals surface area contributed by atoms with Crippen molar-refractivity contribution in [2.45, 2.75) is 6.54 Å². The summed E-state index contributed by atoms with van der Waals surface area (Å²) >= 11 is 1.56. The first-order chi connectivity index (χ1) is 12.7. The molecule has 0 spiro atoms. The maximum Gasteiger partial charge on any atom is 0.195 e. The fourth-order valence-electron chi connectivity index (χ4n) is 3.04. The lowest BCUT2D eigenvalue weighted by Crippen LogP contribution is -2.04. The van der Waals surface area contributed by atoms with Crippen molar-refractivity contribution in [1.29, 1.82) is 0 Å². The van der Waals surface area contributed by atoms with Crippen LogP contribution in [0.1, 0.15) is 5.56 Å². The molecule has 0 radical (unpaired) electrons. The lowest BCUT2D eigenvalue weighted by atomic mass is 10.1. The molecule has 1 N–H and O–H groups in total. The molecule has 0 aliphatic rings. The maximum atomic E-state index is 13.2. The Hall–Kier alpha value is -2.70. The van der Waals surface area contributed by atoms with E-state index in [0.717, 1.165) is 22.1 Å². The van der Waals surface area contributed by atoms with Gasteiger partial charge in [0.25, 0.3) is 0 Å². The molecule has 0 saturated carbocycles. The maximum absolute atomic E-state index is 13.2. The molecule has 0 fully saturated rings. The van der Waals surface area contributed by atoms with Crippen molar-refractivity contribution in [2.24, 2.45) is 7.05 Å². The Labute approximate surface area is 155 Å². The molecule has 0 atom stereocenters. The summed E-state index contributed by atoms with van der Waals surface area (Å²) in [6, 6.07) is 11.8. The fraction of sp³-hybridized carbons (Fsp3) is 0.150. The van der Waals surface area contributed by atoms with Crippen LogP contribution in [0, 0.1) is 0 Å². The molecule has 0 aliphatic carbocycles. The molecule has 0 aliphatic heterocycles. The topological polar surface area (TPSA) is 59.8 Å². The normalized spacial score (nSPS) is 11.3. The van der Waals surface area contributed by atoms with Crippen molar-refractivity contribution in [1.82, 2.24) is 19.5 Å². The molecule has 0 amide bonds. The van der Waals surface area contributed by atoms with Gasteiger partial charge in [-0.15, -0.1) is 0 Å². The van der Waals surface area contributed by atoms with E-state index in [1.165, 1.54) is 0 Å². The van der Waals surface area contributed by atoms with Crippen molar-refractivity contribution >= 4 is 33.6 Å². The second kappa shape index (κ2) is 6.90. The van der Waals surface area contributed by atoms with Crippen LogP contribution in [0.3, 0.4) is 0 Å². The van der Waals surface area contributed by atoms with Gasteiger partial charge in [0.15, 0.2) is 5.43 Å². The number of rotatable bonds is 4. The fourth-order valence-corrected chi connectivity index (χ4v) is 3.35. The van der Waals surface area contributed by atoms with Gasteiger partial charge in [0.2, 0.25) is 0 Å². The highest BCUT2D eigenvalue weighted by molar-refractivity contribution is 7.96. The largest absolute Gasteiger partial charge is 0.289 e. The molecular formula is C20H18N4OS. The highest BCUT2D eigenvalue weighted by Gasteiger charge is 2.08. The molecule has 0 unspecified atom stereocenters. The third-order valence-corrected chi connectivity index (χ3v) is 4.84. The zero-order valence-electron chi connectivity index (χ0n) is 14.6. The minimum atomic E-state index is 0.00393. The summed E-state index contributed by atoms with van der Waals surface area (Å²) in [5, 5.41) is 6.46. The monoisotopic (exact) mass is 362 g/mol. The number of nitrogens with zero attached hydrogens (tertiary/aromatic N) is 3. The zero-order valence-corrected chi connectivity index (χ0v) is 15.4. The predicted molar refractivity (Wildman–Crippen MR) is 108 cm³/mol. The predicted octanol–water partition coefficient (Wildman–Crippen LogP) is 3.52. The molecule has 0 bridgehead atoms. The Kier molecular flexibility index (Phi) is 4.44. The van der Waals surface area contributed by atoms with E-state index in [4.69, 9.17) is 0 Å². The van der Waals surface area contributed by atoms with Crippen molar-refractivity contribution < 1.29 is 0 Å². The van der Waals surface area contributed by atoms with Gasteiger partial charge in [-0.25, -0.2) is 0 Å². The molecule has 2 heterocycles. The Morgan fingerprint density at radius 2 is 1.92 bits per heavy atom. The quantitative estimate of drug-likeness (QED) is 0.563. The third-order valence-electron chi connectivity index (χ3n) is 4.41. The van der Waals surface area contributed by atoms with Gasteiger partial charge in [-0.3, -0.25) is 19.2 Å². The molecule has 6 heteroatoms. The van der Waals surface area contributed by atoms with Crippen molar-refractivity contribution in [3.05, 3.63) is 70.8 Å². The Morgan fingerprint density at radius 3 is 2.69 bits per heavy atom. The molecule has 130 valence electrons. The molecule has 2 aromatic heterocycles. The highest BCUT2D eigenvalue weighted by atomic mass is 32.2. The lowest BCUT2D eigenvalue weighted by molar-refractivity contribution is 0.768. The number of aryl methyl sites for hydroxylation is 1. The van der Waals surface area contributed by atoms with Crippen LogP contribution >= 0.6 is 11.9 Å². The average Bonchev–Trinajstić information content (AvgIpc) is 3.05. The molecule has 0 saturated heterocycles. The van der Waals surface area contributed by atoms with Crippen molar-refractivity contribution in [2.75, 3.05) is 6.26 Å². The van der Waals surface area contributed by atoms with Crippen LogP contribution < -0.4 is 10.2 Å². The smallest absolute Gasteiger partial charge is 0.195 e. The Balaban J connectivity index is 1.95. The minimum absolute atomic E-state index is 0.00393. The van der Waals surface area contributed by atoms with Crippen LogP contribution in [0.5, 0.6) is 0 Å². The van der Waals surface area contributed by atoms with E-state index in [9.17, 15) is 4.79 Å². The van der Waals surface area contributed by atoms with Gasteiger partial charge < -0.3 is 0 Å². The summed E-state index contributed by atoms with van der Waals surface area (Å²) in [6.07, 6.45) is 7.47. The van der Waals surface area contributed by atoms with E-state index < -0.39 is 0 Å². The summed E-state index contributed by atoms with van der Waals surface area (Å²) < 4.78 is 4.96. The van der Waals surface area contributed by atoms with Crippen molar-refractivity contribution in [3.63, 3.8) is 0 Å². The number of fused-ring (bicyclic) bond motifs is 2. The van der Waals surface area contributed by atoms with E-state index >= 15 is 0 Å². The molecule has 26 heavy (non-hydrogen) atoms. The van der Waals surface area contributed by atoms with Gasteiger partial charge in [-0.05, 0) is 35.4 Å². The van der Waals surface area contributed by atoms with E-state index in [1.54, 1.807) is 29.0 Å². The first kappa shape index (κ1) is 16.8. The lowest BCUT2D eigenvalue weighted by Gasteiger charge is -2.02. The van der Waals surface area contributed by atoms with Crippen LogP contribution in [0.4, 0.5) is 0 Å². The summed E-state index contributed by atoms with van der Waals surface area (Å²) in [6.45, 7) is 0.715. The molecule has 4 rings (SSSR count). The summed E-state index contributed by atoms with van der Waals surface area (Å²) in [4.78, 5) is 17.7. The Morgan fingerprint density at radius 1 is 1.08 bits per heavy atom. The Bertz CT molecular complexity index is 1170. The van der Waals surface area contributed by atoms with Crippen LogP contribution in [0.15, 0.2) is 59.8 Å². The number of aromatic nitrogens is 3. The van der Waals surface area contributed by atoms with Gasteiger partial charge in [0, 0.05) is 47.9 Å². The summed E-state index contributed by atoms with van der Waals surface area (Å²) in [5.74, 6) is 0. The zero-order chi connectivity index (χ0) is 18.1. The highest BCUT2D eigenvalue weighted by Crippen LogP contribution is 2.22. The van der Waals surface area contributed by atoms with Crippen LogP contribution in [0.25, 0.3) is 32.8 Å². The second-order valence-corrected chi connectivity index (χ2v) is 6.87. The van der Waals surface area contributed by atoms with Gasteiger partial charge >= 0.3 is 0 Å². The first-order valence-electron chi connectivity index (χ1n) is 8.26. The summed E-state index contributed by atoms with van der Waals surface area (Å²) in [5.41, 5.74) is 3.62. The molecule has 5 nitrogen and oxygen atoms in total. The SMILES string of the molecule is CSNCc1ccc2ccc3ncc(-c4cnn(C)c4)cc3c(=O)c2c1. The van der Waals surface area contributed by atoms with E-state index in [2.05, 4.69) is 14.8 Å². The first-order valence-corrected chi connectivity index (χ1v) is 9.49. The van der Waals surface area contributed by atoms with Crippen molar-refractivity contribution in [3.8, 4) is 11.1 Å². The van der Waals surface area contributed by atoms with E-state index in [1.807, 2.05) is 55.9 Å².